The first-order chi connectivity index (χ1) is 15.9. The molecule has 0 aromatic heterocycles. The molecule has 34 heavy (non-hydrogen) atoms. The Hall–Kier alpha value is -2.34. The van der Waals surface area contributed by atoms with E-state index in [1.54, 1.807) is 4.90 Å². The zero-order valence-corrected chi connectivity index (χ0v) is 23.2. The van der Waals surface area contributed by atoms with E-state index in [0.717, 1.165) is 15.6 Å². The fraction of sp³-hybridized carbons (Fsp3) is 0.500. The van der Waals surface area contributed by atoms with Crippen molar-refractivity contribution in [2.75, 3.05) is 13.2 Å². The number of aryl methyl sites for hydroxylation is 1. The molecule has 6 heteroatoms. The maximum Gasteiger partial charge on any atom is 0.261 e. The summed E-state index contributed by atoms with van der Waals surface area (Å²) in [6.45, 7) is 15.3. The molecule has 0 aliphatic carbocycles. The first kappa shape index (κ1) is 27.9. The molecule has 0 saturated carbocycles. The van der Waals surface area contributed by atoms with Crippen LogP contribution in [0, 0.1) is 12.8 Å². The normalized spacial score (nSPS) is 12.4. The smallest absolute Gasteiger partial charge is 0.261 e. The molecule has 2 aromatic carbocycles. The number of rotatable bonds is 10. The van der Waals surface area contributed by atoms with Gasteiger partial charge in [-0.15, -0.1) is 0 Å². The summed E-state index contributed by atoms with van der Waals surface area (Å²) in [6.07, 6.45) is 0.519. The predicted molar refractivity (Wildman–Crippen MR) is 142 cm³/mol. The third-order valence-corrected chi connectivity index (χ3v) is 6.31. The Morgan fingerprint density at radius 3 is 2.26 bits per heavy atom. The van der Waals surface area contributed by atoms with Gasteiger partial charge < -0.3 is 15.0 Å². The van der Waals surface area contributed by atoms with Crippen molar-refractivity contribution >= 4 is 27.7 Å². The predicted octanol–water partition coefficient (Wildman–Crippen LogP) is 6.01. The molecule has 0 bridgehead atoms. The average Bonchev–Trinajstić information content (AvgIpc) is 2.77. The summed E-state index contributed by atoms with van der Waals surface area (Å²) in [5.74, 6) is 0.583. The lowest BCUT2D eigenvalue weighted by atomic mass is 9.87. The number of nitrogens with zero attached hydrogens (tertiary/aromatic N) is 1. The number of hydrogen-bond donors (Lipinski definition) is 1. The molecular formula is C28H39BrN2O3. The van der Waals surface area contributed by atoms with Gasteiger partial charge in [-0.2, -0.15) is 0 Å². The van der Waals surface area contributed by atoms with E-state index in [9.17, 15) is 9.59 Å². The minimum atomic E-state index is -0.567. The van der Waals surface area contributed by atoms with Gasteiger partial charge in [-0.05, 0) is 63.9 Å². The summed E-state index contributed by atoms with van der Waals surface area (Å²) >= 11 is 3.57. The summed E-state index contributed by atoms with van der Waals surface area (Å²) in [5, 5.41) is 2.99. The second-order valence-corrected chi connectivity index (χ2v) is 11.1. The van der Waals surface area contributed by atoms with Crippen LogP contribution < -0.4 is 10.1 Å². The Labute approximate surface area is 213 Å². The van der Waals surface area contributed by atoms with Crippen molar-refractivity contribution < 1.29 is 14.3 Å². The van der Waals surface area contributed by atoms with Gasteiger partial charge in [0.1, 0.15) is 11.8 Å². The van der Waals surface area contributed by atoms with Crippen LogP contribution in [-0.2, 0) is 21.5 Å². The number of amides is 2. The number of nitrogens with one attached hydrogen (secondary N) is 1. The molecule has 0 spiro atoms. The van der Waals surface area contributed by atoms with E-state index in [1.165, 1.54) is 5.56 Å². The minimum absolute atomic E-state index is 0.0133. The maximum absolute atomic E-state index is 13.4. The van der Waals surface area contributed by atoms with Crippen LogP contribution in [0.1, 0.15) is 64.7 Å². The topological polar surface area (TPSA) is 58.6 Å². The van der Waals surface area contributed by atoms with Crippen LogP contribution in [0.25, 0.3) is 0 Å². The maximum atomic E-state index is 13.4. The van der Waals surface area contributed by atoms with Crippen LogP contribution in [-0.4, -0.2) is 35.9 Å². The van der Waals surface area contributed by atoms with E-state index in [2.05, 4.69) is 42.0 Å². The van der Waals surface area contributed by atoms with Gasteiger partial charge in [0.2, 0.25) is 5.91 Å². The van der Waals surface area contributed by atoms with E-state index < -0.39 is 6.04 Å². The van der Waals surface area contributed by atoms with Crippen molar-refractivity contribution in [2.45, 2.75) is 72.9 Å². The number of benzene rings is 2. The molecule has 0 aliphatic rings. The standard InChI is InChI=1S/C28H39BrN2O3/c1-8-24(27(33)30-16-19(2)3)31(17-21-11-9-20(4)10-12-21)26(32)18-34-25-14-13-22(15-23(25)29)28(5,6)7/h9-15,19,24H,8,16-18H2,1-7H3,(H,30,33)/t24-/m1/s1. The number of carbonyl (C=O) groups is 2. The molecule has 2 rings (SSSR count). The average molecular weight is 532 g/mol. The second kappa shape index (κ2) is 12.4. The summed E-state index contributed by atoms with van der Waals surface area (Å²) in [4.78, 5) is 28.0. The monoisotopic (exact) mass is 530 g/mol. The lowest BCUT2D eigenvalue weighted by molar-refractivity contribution is -0.143. The van der Waals surface area contributed by atoms with Crippen LogP contribution in [0.5, 0.6) is 5.75 Å². The number of halogens is 1. The van der Waals surface area contributed by atoms with Crippen molar-refractivity contribution in [3.63, 3.8) is 0 Å². The molecule has 2 amide bonds. The van der Waals surface area contributed by atoms with Crippen molar-refractivity contribution in [3.05, 3.63) is 63.6 Å². The van der Waals surface area contributed by atoms with Gasteiger partial charge in [-0.3, -0.25) is 9.59 Å². The van der Waals surface area contributed by atoms with Crippen molar-refractivity contribution in [3.8, 4) is 5.75 Å². The fourth-order valence-corrected chi connectivity index (χ4v) is 4.03. The lowest BCUT2D eigenvalue weighted by Crippen LogP contribution is -2.50. The minimum Gasteiger partial charge on any atom is -0.483 e. The number of carbonyl (C=O) groups excluding carboxylic acids is 2. The zero-order chi connectivity index (χ0) is 25.5. The Kier molecular flexibility index (Phi) is 10.2. The first-order valence-electron chi connectivity index (χ1n) is 12.0. The highest BCUT2D eigenvalue weighted by atomic mass is 79.9. The van der Waals surface area contributed by atoms with Crippen molar-refractivity contribution in [1.29, 1.82) is 0 Å². The molecule has 0 fully saturated rings. The van der Waals surface area contributed by atoms with Gasteiger partial charge in [-0.1, -0.05) is 77.4 Å². The molecule has 0 saturated heterocycles. The molecule has 0 unspecified atom stereocenters. The van der Waals surface area contributed by atoms with E-state index in [4.69, 9.17) is 4.74 Å². The molecule has 5 nitrogen and oxygen atoms in total. The highest BCUT2D eigenvalue weighted by Gasteiger charge is 2.29. The fourth-order valence-electron chi connectivity index (χ4n) is 3.54. The van der Waals surface area contributed by atoms with Crippen LogP contribution in [0.4, 0.5) is 0 Å². The van der Waals surface area contributed by atoms with E-state index in [-0.39, 0.29) is 23.8 Å². The first-order valence-corrected chi connectivity index (χ1v) is 12.8. The molecular weight excluding hydrogens is 492 g/mol. The largest absolute Gasteiger partial charge is 0.483 e. The zero-order valence-electron chi connectivity index (χ0n) is 21.6. The Bertz CT molecular complexity index is 965. The summed E-state index contributed by atoms with van der Waals surface area (Å²) in [6, 6.07) is 13.4. The molecule has 1 N–H and O–H groups in total. The third-order valence-electron chi connectivity index (χ3n) is 5.69. The summed E-state index contributed by atoms with van der Waals surface area (Å²) in [7, 11) is 0. The molecule has 0 heterocycles. The quantitative estimate of drug-likeness (QED) is 0.408. The van der Waals surface area contributed by atoms with E-state index in [0.29, 0.717) is 31.2 Å². The van der Waals surface area contributed by atoms with Gasteiger partial charge >= 0.3 is 0 Å². The van der Waals surface area contributed by atoms with Gasteiger partial charge in [0.25, 0.3) is 5.91 Å². The van der Waals surface area contributed by atoms with Gasteiger partial charge in [0.05, 0.1) is 4.47 Å². The Morgan fingerprint density at radius 2 is 1.74 bits per heavy atom. The molecule has 186 valence electrons. The van der Waals surface area contributed by atoms with Crippen molar-refractivity contribution in [1.82, 2.24) is 10.2 Å². The second-order valence-electron chi connectivity index (χ2n) is 10.3. The van der Waals surface area contributed by atoms with Gasteiger partial charge in [0.15, 0.2) is 6.61 Å². The van der Waals surface area contributed by atoms with E-state index in [1.807, 2.05) is 70.2 Å². The Morgan fingerprint density at radius 1 is 1.09 bits per heavy atom. The molecule has 1 atom stereocenters. The SMILES string of the molecule is CC[C@H](C(=O)NCC(C)C)N(Cc1ccc(C)cc1)C(=O)COc1ccc(C(C)(C)C)cc1Br. The highest BCUT2D eigenvalue weighted by molar-refractivity contribution is 9.10. The van der Waals surface area contributed by atoms with Gasteiger partial charge in [0, 0.05) is 13.1 Å². The van der Waals surface area contributed by atoms with Crippen LogP contribution in [0.15, 0.2) is 46.9 Å². The van der Waals surface area contributed by atoms with Crippen LogP contribution in [0.3, 0.4) is 0 Å². The number of ether oxygens (including phenoxy) is 1. The van der Waals surface area contributed by atoms with Crippen LogP contribution >= 0.6 is 15.9 Å². The third kappa shape index (κ3) is 8.15. The van der Waals surface area contributed by atoms with Crippen LogP contribution in [0.2, 0.25) is 0 Å². The van der Waals surface area contributed by atoms with E-state index >= 15 is 0 Å². The highest BCUT2D eigenvalue weighted by Crippen LogP contribution is 2.31. The Balaban J connectivity index is 2.22. The van der Waals surface area contributed by atoms with Gasteiger partial charge in [-0.25, -0.2) is 0 Å². The number of hydrogen-bond acceptors (Lipinski definition) is 3. The lowest BCUT2D eigenvalue weighted by Gasteiger charge is -2.31. The molecule has 0 aliphatic heterocycles. The molecule has 0 radical (unpaired) electrons. The molecule has 2 aromatic rings. The summed E-state index contributed by atoms with van der Waals surface area (Å²) < 4.78 is 6.71. The van der Waals surface area contributed by atoms with Crippen molar-refractivity contribution in [2.24, 2.45) is 5.92 Å². The summed E-state index contributed by atoms with van der Waals surface area (Å²) in [5.41, 5.74) is 3.31.